The molecule has 7 heteroatoms. The van der Waals surface area contributed by atoms with E-state index < -0.39 is 6.10 Å². The number of benzene rings is 2. The van der Waals surface area contributed by atoms with E-state index >= 15 is 0 Å². The molecule has 0 aromatic heterocycles. The third-order valence-electron chi connectivity index (χ3n) is 5.10. The van der Waals surface area contributed by atoms with Gasteiger partial charge in [0, 0.05) is 26.2 Å². The number of fused-ring (bicyclic) bond motifs is 1. The Balaban J connectivity index is 1.25. The first-order chi connectivity index (χ1) is 14.2. The Morgan fingerprint density at radius 3 is 2.59 bits per heavy atom. The Bertz CT molecular complexity index is 863. The average Bonchev–Trinajstić information content (AvgIpc) is 2.74. The molecule has 1 saturated heterocycles. The van der Waals surface area contributed by atoms with Crippen LogP contribution in [0.25, 0.3) is 0 Å². The van der Waals surface area contributed by atoms with E-state index in [0.29, 0.717) is 18.0 Å². The van der Waals surface area contributed by atoms with Gasteiger partial charge in [-0.3, -0.25) is 14.5 Å². The van der Waals surface area contributed by atoms with Gasteiger partial charge in [-0.2, -0.15) is 0 Å². The summed E-state index contributed by atoms with van der Waals surface area (Å²) in [4.78, 5) is 26.8. The van der Waals surface area contributed by atoms with Gasteiger partial charge < -0.3 is 20.1 Å². The number of hydrogen-bond acceptors (Lipinski definition) is 5. The number of amides is 2. The molecule has 1 fully saturated rings. The van der Waals surface area contributed by atoms with E-state index in [0.717, 1.165) is 38.4 Å². The van der Waals surface area contributed by atoms with Gasteiger partial charge in [0.1, 0.15) is 5.75 Å². The summed E-state index contributed by atoms with van der Waals surface area (Å²) in [6, 6.07) is 15.4. The van der Waals surface area contributed by atoms with Gasteiger partial charge in [-0.1, -0.05) is 36.4 Å². The fourth-order valence-corrected chi connectivity index (χ4v) is 3.45. The molecule has 29 heavy (non-hydrogen) atoms. The molecule has 0 aliphatic carbocycles. The van der Waals surface area contributed by atoms with Crippen LogP contribution >= 0.6 is 0 Å². The number of nitrogens with one attached hydrogen (secondary N) is 2. The summed E-state index contributed by atoms with van der Waals surface area (Å²) >= 11 is 0. The molecule has 2 aromatic rings. The number of anilines is 1. The van der Waals surface area contributed by atoms with Gasteiger partial charge in [0.25, 0.3) is 5.91 Å². The summed E-state index contributed by atoms with van der Waals surface area (Å²) in [5, 5.41) is 5.64. The van der Waals surface area contributed by atoms with Crippen LogP contribution in [0.1, 0.15) is 17.5 Å². The molecule has 2 aromatic carbocycles. The largest absolute Gasteiger partial charge is 0.478 e. The number of carbonyl (C=O) groups is 2. The molecule has 4 rings (SSSR count). The van der Waals surface area contributed by atoms with Crippen LogP contribution in [0.2, 0.25) is 0 Å². The number of para-hydroxylation sites is 2. The van der Waals surface area contributed by atoms with Gasteiger partial charge in [-0.25, -0.2) is 0 Å². The Hall–Kier alpha value is -2.90. The summed E-state index contributed by atoms with van der Waals surface area (Å²) in [5.74, 6) is 0.0639. The highest BCUT2D eigenvalue weighted by atomic mass is 16.5. The minimum atomic E-state index is -0.819. The van der Waals surface area contributed by atoms with Gasteiger partial charge >= 0.3 is 0 Å². The normalized spacial score (nSPS) is 19.0. The molecule has 2 aliphatic heterocycles. The van der Waals surface area contributed by atoms with Crippen LogP contribution in [-0.2, 0) is 27.4 Å². The number of hydrogen-bond donors (Lipinski definition) is 2. The maximum atomic E-state index is 12.3. The Labute approximate surface area is 170 Å². The number of morpholine rings is 1. The van der Waals surface area contributed by atoms with Gasteiger partial charge in [0.05, 0.1) is 25.3 Å². The first kappa shape index (κ1) is 19.4. The first-order valence-corrected chi connectivity index (χ1v) is 9.88. The number of rotatable bonds is 6. The van der Waals surface area contributed by atoms with Crippen LogP contribution in [0.4, 0.5) is 5.69 Å². The molecule has 0 spiro atoms. The van der Waals surface area contributed by atoms with E-state index in [1.54, 1.807) is 12.1 Å². The van der Waals surface area contributed by atoms with Crippen LogP contribution in [-0.4, -0.2) is 49.1 Å². The lowest BCUT2D eigenvalue weighted by Gasteiger charge is -2.26. The Kier molecular flexibility index (Phi) is 6.07. The standard InChI is InChI=1S/C22H25N3O4/c26-21(13-20-22(27)24-18-3-1-2-4-19(18)29-20)23-14-16-5-7-17(8-6-16)15-25-9-11-28-12-10-25/h1-8,20H,9-15H2,(H,23,26)(H,24,27)/t20-/m0/s1. The van der Waals surface area contributed by atoms with Crippen molar-refractivity contribution in [2.45, 2.75) is 25.6 Å². The summed E-state index contributed by atoms with van der Waals surface area (Å²) in [7, 11) is 0. The molecule has 0 saturated carbocycles. The van der Waals surface area contributed by atoms with Gasteiger partial charge in [-0.05, 0) is 23.3 Å². The number of nitrogens with zero attached hydrogens (tertiary/aromatic N) is 1. The second-order valence-electron chi connectivity index (χ2n) is 7.28. The summed E-state index contributed by atoms with van der Waals surface area (Å²) < 4.78 is 11.0. The highest BCUT2D eigenvalue weighted by molar-refractivity contribution is 5.99. The zero-order chi connectivity index (χ0) is 20.1. The monoisotopic (exact) mass is 395 g/mol. The second-order valence-corrected chi connectivity index (χ2v) is 7.28. The highest BCUT2D eigenvalue weighted by Gasteiger charge is 2.29. The molecule has 2 aliphatic rings. The smallest absolute Gasteiger partial charge is 0.266 e. The van der Waals surface area contributed by atoms with Gasteiger partial charge in [0.2, 0.25) is 5.91 Å². The van der Waals surface area contributed by atoms with Crippen molar-refractivity contribution in [3.05, 3.63) is 59.7 Å². The highest BCUT2D eigenvalue weighted by Crippen LogP contribution is 2.29. The molecule has 0 radical (unpaired) electrons. The van der Waals surface area contributed by atoms with E-state index in [9.17, 15) is 9.59 Å². The van der Waals surface area contributed by atoms with Crippen LogP contribution in [0.15, 0.2) is 48.5 Å². The van der Waals surface area contributed by atoms with E-state index in [-0.39, 0.29) is 18.2 Å². The first-order valence-electron chi connectivity index (χ1n) is 9.88. The fraction of sp³-hybridized carbons (Fsp3) is 0.364. The minimum absolute atomic E-state index is 0.0186. The molecule has 7 nitrogen and oxygen atoms in total. The summed E-state index contributed by atoms with van der Waals surface area (Å²) in [6.45, 7) is 4.82. The minimum Gasteiger partial charge on any atom is -0.478 e. The van der Waals surface area contributed by atoms with Crippen molar-refractivity contribution in [3.63, 3.8) is 0 Å². The average molecular weight is 395 g/mol. The lowest BCUT2D eigenvalue weighted by atomic mass is 10.1. The predicted octanol–water partition coefficient (Wildman–Crippen LogP) is 1.92. The van der Waals surface area contributed by atoms with Gasteiger partial charge in [0.15, 0.2) is 6.10 Å². The second kappa shape index (κ2) is 9.07. The predicted molar refractivity (Wildman–Crippen MR) is 108 cm³/mol. The third kappa shape index (κ3) is 5.13. The van der Waals surface area contributed by atoms with Crippen molar-refractivity contribution in [1.82, 2.24) is 10.2 Å². The van der Waals surface area contributed by atoms with E-state index in [1.807, 2.05) is 24.3 Å². The third-order valence-corrected chi connectivity index (χ3v) is 5.10. The Morgan fingerprint density at radius 1 is 1.07 bits per heavy atom. The van der Waals surface area contributed by atoms with Crippen molar-refractivity contribution >= 4 is 17.5 Å². The van der Waals surface area contributed by atoms with Gasteiger partial charge in [-0.15, -0.1) is 0 Å². The molecule has 0 unspecified atom stereocenters. The molecule has 0 bridgehead atoms. The zero-order valence-corrected chi connectivity index (χ0v) is 16.2. The molecule has 2 N–H and O–H groups in total. The van der Waals surface area contributed by atoms with Crippen molar-refractivity contribution in [1.29, 1.82) is 0 Å². The quantitative estimate of drug-likeness (QED) is 0.781. The van der Waals surface area contributed by atoms with E-state index in [4.69, 9.17) is 9.47 Å². The maximum absolute atomic E-state index is 12.3. The van der Waals surface area contributed by atoms with Crippen molar-refractivity contribution < 1.29 is 19.1 Å². The molecule has 2 heterocycles. The Morgan fingerprint density at radius 2 is 1.79 bits per heavy atom. The van der Waals surface area contributed by atoms with Crippen LogP contribution in [0.5, 0.6) is 5.75 Å². The maximum Gasteiger partial charge on any atom is 0.266 e. The van der Waals surface area contributed by atoms with Crippen molar-refractivity contribution in [2.75, 3.05) is 31.6 Å². The van der Waals surface area contributed by atoms with E-state index in [1.165, 1.54) is 5.56 Å². The molecular formula is C22H25N3O4. The lowest BCUT2D eigenvalue weighted by Crippen LogP contribution is -2.40. The molecule has 1 atom stereocenters. The zero-order valence-electron chi connectivity index (χ0n) is 16.2. The lowest BCUT2D eigenvalue weighted by molar-refractivity contribution is -0.130. The summed E-state index contributed by atoms with van der Waals surface area (Å²) in [5.41, 5.74) is 2.89. The SMILES string of the molecule is O=C(C[C@@H]1Oc2ccccc2NC1=O)NCc1ccc(CN2CCOCC2)cc1. The van der Waals surface area contributed by atoms with Crippen molar-refractivity contribution in [3.8, 4) is 5.75 Å². The van der Waals surface area contributed by atoms with E-state index in [2.05, 4.69) is 27.7 Å². The molecule has 152 valence electrons. The van der Waals surface area contributed by atoms with Crippen LogP contribution < -0.4 is 15.4 Å². The van der Waals surface area contributed by atoms with Crippen LogP contribution in [0.3, 0.4) is 0 Å². The number of carbonyl (C=O) groups excluding carboxylic acids is 2. The molecular weight excluding hydrogens is 370 g/mol. The number of ether oxygens (including phenoxy) is 2. The van der Waals surface area contributed by atoms with Crippen molar-refractivity contribution in [2.24, 2.45) is 0 Å². The van der Waals surface area contributed by atoms with Crippen LogP contribution in [0, 0.1) is 0 Å². The topological polar surface area (TPSA) is 79.9 Å². The molecule has 2 amide bonds. The fourth-order valence-electron chi connectivity index (χ4n) is 3.45. The summed E-state index contributed by atoms with van der Waals surface area (Å²) in [6.07, 6.45) is -0.837.